The van der Waals surface area contributed by atoms with E-state index < -0.39 is 47.2 Å². The van der Waals surface area contributed by atoms with Gasteiger partial charge in [-0.3, -0.25) is 4.79 Å². The number of carbonyl (C=O) groups excluding carboxylic acids is 2. The van der Waals surface area contributed by atoms with Crippen LogP contribution in [0.15, 0.2) is 36.0 Å². The Morgan fingerprint density at radius 3 is 2.71 bits per heavy atom. The Kier molecular flexibility index (Phi) is 2.41. The topological polar surface area (TPSA) is 85.4 Å². The summed E-state index contributed by atoms with van der Waals surface area (Å²) in [5.74, 6) is -1.13. The highest BCUT2D eigenvalue weighted by molar-refractivity contribution is 5.88. The maximum absolute atomic E-state index is 12.6. The molecule has 6 nitrogen and oxygen atoms in total. The summed E-state index contributed by atoms with van der Waals surface area (Å²) < 4.78 is 16.7. The van der Waals surface area contributed by atoms with Crippen molar-refractivity contribution in [2.24, 2.45) is 16.7 Å². The van der Waals surface area contributed by atoms with E-state index in [-0.39, 0.29) is 12.0 Å². The number of esters is 2. The molecule has 5 rings (SSSR count). The van der Waals surface area contributed by atoms with E-state index in [1.165, 1.54) is 6.08 Å². The number of aliphatic hydroxyl groups excluding tert-OH is 1. The lowest BCUT2D eigenvalue weighted by molar-refractivity contribution is -0.154. The summed E-state index contributed by atoms with van der Waals surface area (Å²) in [6.45, 7) is 7.49. The molecule has 2 saturated heterocycles. The Bertz CT molecular complexity index is 765. The number of hydrogen-bond donors (Lipinski definition) is 1. The molecular formula is C18H18O6. The molecule has 24 heavy (non-hydrogen) atoms. The van der Waals surface area contributed by atoms with Gasteiger partial charge in [-0.1, -0.05) is 13.5 Å². The number of epoxide rings is 1. The normalized spacial score (nSPS) is 53.6. The van der Waals surface area contributed by atoms with E-state index in [1.807, 2.05) is 13.0 Å². The lowest BCUT2D eigenvalue weighted by atomic mass is 9.49. The van der Waals surface area contributed by atoms with Crippen LogP contribution < -0.4 is 0 Å². The van der Waals surface area contributed by atoms with Crippen molar-refractivity contribution in [2.75, 3.05) is 0 Å². The third-order valence-corrected chi connectivity index (χ3v) is 6.61. The third-order valence-electron chi connectivity index (χ3n) is 6.61. The summed E-state index contributed by atoms with van der Waals surface area (Å²) in [6.07, 6.45) is 2.30. The SMILES string of the molecule is C=C[C@H]1OC(=O)C=C2C1=C[C@@H]1OC(=O)C3(C)[C@@H](O)[C@H]4O[C@H]4[C@@]2(C)[C@@H]13. The van der Waals surface area contributed by atoms with Gasteiger partial charge in [0.25, 0.3) is 0 Å². The van der Waals surface area contributed by atoms with Crippen LogP contribution in [0.4, 0.5) is 0 Å². The fourth-order valence-electron chi connectivity index (χ4n) is 5.45. The lowest BCUT2D eigenvalue weighted by Crippen LogP contribution is -2.60. The van der Waals surface area contributed by atoms with E-state index in [2.05, 4.69) is 6.58 Å². The molecule has 5 aliphatic rings. The second kappa shape index (κ2) is 4.00. The lowest BCUT2D eigenvalue weighted by Gasteiger charge is -2.51. The molecule has 2 aliphatic carbocycles. The van der Waals surface area contributed by atoms with E-state index in [9.17, 15) is 14.7 Å². The molecule has 0 bridgehead atoms. The predicted octanol–water partition coefficient (Wildman–Crippen LogP) is 0.660. The van der Waals surface area contributed by atoms with Crippen molar-refractivity contribution in [3.05, 3.63) is 36.0 Å². The van der Waals surface area contributed by atoms with Crippen molar-refractivity contribution in [1.29, 1.82) is 0 Å². The van der Waals surface area contributed by atoms with Gasteiger partial charge in [0.05, 0.1) is 12.2 Å². The molecule has 0 spiro atoms. The van der Waals surface area contributed by atoms with Gasteiger partial charge in [0.15, 0.2) is 0 Å². The van der Waals surface area contributed by atoms with Crippen LogP contribution in [0.3, 0.4) is 0 Å². The Hall–Kier alpha value is -1.92. The minimum absolute atomic E-state index is 0.242. The highest BCUT2D eigenvalue weighted by atomic mass is 16.6. The number of fused-ring (bicyclic) bond motifs is 4. The zero-order valence-electron chi connectivity index (χ0n) is 13.4. The van der Waals surface area contributed by atoms with Crippen LogP contribution in [-0.4, -0.2) is 47.6 Å². The summed E-state index contributed by atoms with van der Waals surface area (Å²) in [5, 5.41) is 10.7. The average molecular weight is 330 g/mol. The average Bonchev–Trinajstić information content (AvgIpc) is 3.29. The van der Waals surface area contributed by atoms with Crippen molar-refractivity contribution >= 4 is 11.9 Å². The molecule has 3 heterocycles. The van der Waals surface area contributed by atoms with Crippen LogP contribution in [0, 0.1) is 16.7 Å². The number of rotatable bonds is 1. The highest BCUT2D eigenvalue weighted by Crippen LogP contribution is 2.69. The van der Waals surface area contributed by atoms with Gasteiger partial charge >= 0.3 is 11.9 Å². The van der Waals surface area contributed by atoms with Gasteiger partial charge in [0.2, 0.25) is 0 Å². The summed E-state index contributed by atoms with van der Waals surface area (Å²) in [6, 6.07) is 0. The largest absolute Gasteiger partial charge is 0.457 e. The number of aliphatic hydroxyl groups is 1. The Labute approximate surface area is 138 Å². The molecule has 8 atom stereocenters. The van der Waals surface area contributed by atoms with Crippen LogP contribution >= 0.6 is 0 Å². The van der Waals surface area contributed by atoms with E-state index in [0.29, 0.717) is 0 Å². The standard InChI is InChI=1S/C18H18O6/c1-4-9-7-5-10-13-17(2,8(7)6-11(19)22-9)15-12(24-15)14(20)18(13,3)16(21)23-10/h4-6,9-10,12-15,20H,1H2,2-3H3/t9-,10+,12-,13-,14+,15-,17-,18?/m1/s1. The van der Waals surface area contributed by atoms with Gasteiger partial charge < -0.3 is 19.3 Å². The first kappa shape index (κ1) is 14.4. The second-order valence-electron chi connectivity index (χ2n) is 7.65. The fourth-order valence-corrected chi connectivity index (χ4v) is 5.45. The fraction of sp³-hybridized carbons (Fsp3) is 0.556. The van der Waals surface area contributed by atoms with Gasteiger partial charge in [-0.05, 0) is 24.6 Å². The van der Waals surface area contributed by atoms with Crippen molar-refractivity contribution < 1.29 is 28.9 Å². The molecule has 0 radical (unpaired) electrons. The highest BCUT2D eigenvalue weighted by Gasteiger charge is 2.78. The molecule has 1 saturated carbocycles. The van der Waals surface area contributed by atoms with Gasteiger partial charge in [-0.2, -0.15) is 0 Å². The number of cyclic esters (lactones) is 1. The maximum Gasteiger partial charge on any atom is 0.331 e. The Morgan fingerprint density at radius 1 is 1.25 bits per heavy atom. The molecule has 1 N–H and O–H groups in total. The monoisotopic (exact) mass is 330 g/mol. The van der Waals surface area contributed by atoms with E-state index in [0.717, 1.165) is 11.1 Å². The molecule has 3 fully saturated rings. The van der Waals surface area contributed by atoms with Crippen LogP contribution in [0.1, 0.15) is 13.8 Å². The van der Waals surface area contributed by atoms with E-state index in [1.54, 1.807) is 13.0 Å². The van der Waals surface area contributed by atoms with Gasteiger partial charge in [-0.25, -0.2) is 4.79 Å². The van der Waals surface area contributed by atoms with Crippen molar-refractivity contribution in [2.45, 2.75) is 44.4 Å². The molecule has 0 aromatic carbocycles. The first-order valence-corrected chi connectivity index (χ1v) is 8.15. The Balaban J connectivity index is 1.78. The van der Waals surface area contributed by atoms with Crippen LogP contribution in [-0.2, 0) is 23.8 Å². The molecule has 6 heteroatoms. The zero-order chi connectivity index (χ0) is 17.0. The van der Waals surface area contributed by atoms with Crippen LogP contribution in [0.5, 0.6) is 0 Å². The minimum atomic E-state index is -1.05. The molecule has 3 aliphatic heterocycles. The molecule has 0 aromatic rings. The number of hydrogen-bond acceptors (Lipinski definition) is 6. The van der Waals surface area contributed by atoms with Gasteiger partial charge in [-0.15, -0.1) is 0 Å². The molecular weight excluding hydrogens is 312 g/mol. The summed E-state index contributed by atoms with van der Waals surface area (Å²) in [7, 11) is 0. The minimum Gasteiger partial charge on any atom is -0.457 e. The Morgan fingerprint density at radius 2 is 2.00 bits per heavy atom. The number of carbonyl (C=O) groups is 2. The summed E-state index contributed by atoms with van der Waals surface area (Å²) in [4.78, 5) is 24.7. The maximum atomic E-state index is 12.6. The van der Waals surface area contributed by atoms with Gasteiger partial charge in [0.1, 0.15) is 23.7 Å². The smallest absolute Gasteiger partial charge is 0.331 e. The molecule has 0 amide bonds. The first-order valence-electron chi connectivity index (χ1n) is 8.15. The van der Waals surface area contributed by atoms with E-state index >= 15 is 0 Å². The van der Waals surface area contributed by atoms with Gasteiger partial charge in [0, 0.05) is 23.0 Å². The van der Waals surface area contributed by atoms with Crippen LogP contribution in [0.2, 0.25) is 0 Å². The molecule has 126 valence electrons. The predicted molar refractivity (Wildman–Crippen MR) is 80.5 cm³/mol. The first-order chi connectivity index (χ1) is 11.3. The van der Waals surface area contributed by atoms with E-state index in [4.69, 9.17) is 14.2 Å². The zero-order valence-corrected chi connectivity index (χ0v) is 13.4. The molecule has 0 aromatic heterocycles. The second-order valence-corrected chi connectivity index (χ2v) is 7.65. The van der Waals surface area contributed by atoms with Crippen molar-refractivity contribution in [3.63, 3.8) is 0 Å². The van der Waals surface area contributed by atoms with Crippen molar-refractivity contribution in [1.82, 2.24) is 0 Å². The third kappa shape index (κ3) is 1.33. The van der Waals surface area contributed by atoms with Crippen molar-refractivity contribution in [3.8, 4) is 0 Å². The number of ether oxygens (including phenoxy) is 3. The summed E-state index contributed by atoms with van der Waals surface area (Å²) in [5.41, 5.74) is -0.0320. The quantitative estimate of drug-likeness (QED) is 0.432. The summed E-state index contributed by atoms with van der Waals surface area (Å²) >= 11 is 0. The van der Waals surface area contributed by atoms with Crippen LogP contribution in [0.25, 0.3) is 0 Å². The molecule has 1 unspecified atom stereocenters.